The smallest absolute Gasteiger partial charge is 0.124 e. The van der Waals surface area contributed by atoms with Gasteiger partial charge in [-0.25, -0.2) is 0 Å². The first-order chi connectivity index (χ1) is 17.3. The van der Waals surface area contributed by atoms with Crippen LogP contribution < -0.4 is 9.64 Å². The second kappa shape index (κ2) is 12.2. The van der Waals surface area contributed by atoms with E-state index in [4.69, 9.17) is 4.74 Å². The molecule has 1 aliphatic carbocycles. The fraction of sp³-hybridized carbons (Fsp3) is 0.452. The maximum absolute atomic E-state index is 11.5. The zero-order valence-electron chi connectivity index (χ0n) is 22.1. The van der Waals surface area contributed by atoms with Gasteiger partial charge in [-0.2, -0.15) is 0 Å². The van der Waals surface area contributed by atoms with Crippen molar-refractivity contribution in [3.05, 3.63) is 71.3 Å². The Morgan fingerprint density at radius 2 is 1.86 bits per heavy atom. The molecule has 1 aliphatic heterocycles. The third kappa shape index (κ3) is 7.27. The number of allylic oxidation sites excluding steroid dienone is 2. The number of unbranched alkanes of at least 4 members (excludes halogenated alkanes) is 1. The summed E-state index contributed by atoms with van der Waals surface area (Å²) in [5, 5.41) is 0. The molecule has 1 heterocycles. The molecule has 0 N–H and O–H groups in total. The average Bonchev–Trinajstić information content (AvgIpc) is 2.84. The van der Waals surface area contributed by atoms with E-state index in [0.29, 0.717) is 6.42 Å². The third-order valence-electron chi connectivity index (χ3n) is 6.69. The van der Waals surface area contributed by atoms with Crippen molar-refractivity contribution >= 4 is 29.8 Å². The van der Waals surface area contributed by atoms with E-state index >= 15 is 0 Å². The van der Waals surface area contributed by atoms with Crippen molar-refractivity contribution < 1.29 is 9.53 Å². The Labute approximate surface area is 221 Å². The number of fused-ring (bicyclic) bond motifs is 1. The van der Waals surface area contributed by atoms with Crippen LogP contribution in [0.25, 0.3) is 6.08 Å². The van der Waals surface area contributed by atoms with Gasteiger partial charge < -0.3 is 14.4 Å². The Kier molecular flexibility index (Phi) is 8.97. The van der Waals surface area contributed by atoms with Crippen molar-refractivity contribution in [2.45, 2.75) is 56.1 Å². The minimum Gasteiger partial charge on any atom is -0.494 e. The van der Waals surface area contributed by atoms with Crippen molar-refractivity contribution in [1.82, 2.24) is 4.90 Å². The molecule has 2 aromatic carbocycles. The first kappa shape index (κ1) is 26.6. The highest BCUT2D eigenvalue weighted by Crippen LogP contribution is 2.38. The number of rotatable bonds is 10. The van der Waals surface area contributed by atoms with E-state index in [2.05, 4.69) is 85.7 Å². The average molecular weight is 505 g/mol. The van der Waals surface area contributed by atoms with Crippen LogP contribution in [0.5, 0.6) is 5.75 Å². The molecule has 0 spiro atoms. The zero-order chi connectivity index (χ0) is 25.5. The number of thioether (sulfide) groups is 1. The van der Waals surface area contributed by atoms with E-state index in [1.165, 1.54) is 27.3 Å². The first-order valence-corrected chi connectivity index (χ1v) is 14.0. The lowest BCUT2D eigenvalue weighted by Crippen LogP contribution is -2.47. The Morgan fingerprint density at radius 1 is 1.06 bits per heavy atom. The standard InChI is InChI=1S/C31H40N2O2S/c1-24-10-11-25-12-13-27(23-26(25)22-24)35-21-6-5-15-32-16-18-33(19-17-32)29-8-7-9-30(28(29)14-20-34)36-31(2,3)4/h7-13,20,23H,1,5-6,14-19,21-22H2,2-4H3. The summed E-state index contributed by atoms with van der Waals surface area (Å²) in [5.41, 5.74) is 6.13. The van der Waals surface area contributed by atoms with Crippen molar-refractivity contribution in [1.29, 1.82) is 0 Å². The van der Waals surface area contributed by atoms with Gasteiger partial charge in [0.1, 0.15) is 12.0 Å². The van der Waals surface area contributed by atoms with Crippen LogP contribution in [-0.2, 0) is 17.6 Å². The summed E-state index contributed by atoms with van der Waals surface area (Å²) in [6, 6.07) is 12.9. The van der Waals surface area contributed by atoms with E-state index < -0.39 is 0 Å². The summed E-state index contributed by atoms with van der Waals surface area (Å²) < 4.78 is 6.16. The lowest BCUT2D eigenvalue weighted by Gasteiger charge is -2.37. The number of anilines is 1. The van der Waals surface area contributed by atoms with Crippen molar-refractivity contribution in [2.75, 3.05) is 44.2 Å². The van der Waals surface area contributed by atoms with Gasteiger partial charge in [0.2, 0.25) is 0 Å². The van der Waals surface area contributed by atoms with Crippen LogP contribution >= 0.6 is 11.8 Å². The molecule has 36 heavy (non-hydrogen) atoms. The minimum atomic E-state index is 0.116. The van der Waals surface area contributed by atoms with Crippen LogP contribution in [0, 0.1) is 0 Å². The number of carbonyl (C=O) groups excluding carboxylic acids is 1. The molecule has 1 saturated heterocycles. The molecular weight excluding hydrogens is 464 g/mol. The SMILES string of the molecule is C=C1C=Cc2ccc(OCCCCN3CCN(c4cccc(SC(C)(C)C)c4CC=O)CC3)cc2C1. The number of piperazine rings is 1. The highest BCUT2D eigenvalue weighted by molar-refractivity contribution is 8.00. The van der Waals surface area contributed by atoms with E-state index in [9.17, 15) is 4.79 Å². The predicted molar refractivity (Wildman–Crippen MR) is 154 cm³/mol. The molecule has 5 heteroatoms. The third-order valence-corrected chi connectivity index (χ3v) is 7.91. The Balaban J connectivity index is 1.22. The number of benzene rings is 2. The van der Waals surface area contributed by atoms with Crippen molar-refractivity contribution in [3.8, 4) is 5.75 Å². The van der Waals surface area contributed by atoms with Crippen LogP contribution in [0.15, 0.2) is 59.5 Å². The molecule has 0 amide bonds. The number of aldehydes is 1. The largest absolute Gasteiger partial charge is 0.494 e. The number of carbonyl (C=O) groups is 1. The molecule has 2 aliphatic rings. The lowest BCUT2D eigenvalue weighted by molar-refractivity contribution is -0.107. The quantitative estimate of drug-likeness (QED) is 0.212. The van der Waals surface area contributed by atoms with Crippen LogP contribution in [0.4, 0.5) is 5.69 Å². The predicted octanol–water partition coefficient (Wildman–Crippen LogP) is 6.43. The molecule has 0 bridgehead atoms. The monoisotopic (exact) mass is 504 g/mol. The van der Waals surface area contributed by atoms with Crippen molar-refractivity contribution in [3.63, 3.8) is 0 Å². The number of nitrogens with zero attached hydrogens (tertiary/aromatic N) is 2. The molecule has 0 radical (unpaired) electrons. The van der Waals surface area contributed by atoms with Gasteiger partial charge in [-0.05, 0) is 66.8 Å². The van der Waals surface area contributed by atoms with Crippen LogP contribution in [0.3, 0.4) is 0 Å². The Bertz CT molecular complexity index is 1090. The van der Waals surface area contributed by atoms with E-state index in [1.54, 1.807) is 0 Å². The summed E-state index contributed by atoms with van der Waals surface area (Å²) in [6.45, 7) is 16.7. The molecular formula is C31H40N2O2S. The van der Waals surface area contributed by atoms with Gasteiger partial charge in [-0.15, -0.1) is 11.8 Å². The number of ether oxygens (including phenoxy) is 1. The van der Waals surface area contributed by atoms with Crippen LogP contribution in [0.2, 0.25) is 0 Å². The molecule has 4 nitrogen and oxygen atoms in total. The first-order valence-electron chi connectivity index (χ1n) is 13.2. The summed E-state index contributed by atoms with van der Waals surface area (Å²) >= 11 is 1.85. The normalized spacial score (nSPS) is 16.2. The molecule has 0 aromatic heterocycles. The van der Waals surface area contributed by atoms with E-state index in [0.717, 1.165) is 76.2 Å². The highest BCUT2D eigenvalue weighted by Gasteiger charge is 2.22. The van der Waals surface area contributed by atoms with Gasteiger partial charge in [-0.1, -0.05) is 57.2 Å². The van der Waals surface area contributed by atoms with Gasteiger partial charge in [0.05, 0.1) is 6.61 Å². The summed E-state index contributed by atoms with van der Waals surface area (Å²) in [7, 11) is 0. The molecule has 0 atom stereocenters. The zero-order valence-corrected chi connectivity index (χ0v) is 22.9. The molecule has 0 saturated carbocycles. The molecule has 4 rings (SSSR count). The molecule has 192 valence electrons. The highest BCUT2D eigenvalue weighted by atomic mass is 32.2. The summed E-state index contributed by atoms with van der Waals surface area (Å²) in [6.07, 6.45) is 8.85. The topological polar surface area (TPSA) is 32.8 Å². The number of hydrogen-bond acceptors (Lipinski definition) is 5. The fourth-order valence-electron chi connectivity index (χ4n) is 4.90. The van der Waals surface area contributed by atoms with Crippen LogP contribution in [0.1, 0.15) is 50.3 Å². The molecule has 0 unspecified atom stereocenters. The van der Waals surface area contributed by atoms with E-state index in [-0.39, 0.29) is 4.75 Å². The lowest BCUT2D eigenvalue weighted by atomic mass is 9.94. The van der Waals surface area contributed by atoms with Gasteiger partial charge >= 0.3 is 0 Å². The summed E-state index contributed by atoms with van der Waals surface area (Å²) in [5.74, 6) is 0.962. The van der Waals surface area contributed by atoms with Gasteiger partial charge in [0, 0.05) is 47.9 Å². The Hall–Kier alpha value is -2.50. The number of hydrogen-bond donors (Lipinski definition) is 0. The molecule has 2 aromatic rings. The maximum Gasteiger partial charge on any atom is 0.124 e. The van der Waals surface area contributed by atoms with Gasteiger partial charge in [0.15, 0.2) is 0 Å². The minimum absolute atomic E-state index is 0.116. The van der Waals surface area contributed by atoms with Crippen molar-refractivity contribution in [2.24, 2.45) is 0 Å². The van der Waals surface area contributed by atoms with Gasteiger partial charge in [-0.3, -0.25) is 4.90 Å². The second-order valence-corrected chi connectivity index (χ2v) is 12.6. The van der Waals surface area contributed by atoms with E-state index in [1.807, 2.05) is 11.8 Å². The fourth-order valence-corrected chi connectivity index (χ4v) is 6.02. The second-order valence-electron chi connectivity index (χ2n) is 10.8. The van der Waals surface area contributed by atoms with Crippen LogP contribution in [-0.4, -0.2) is 55.3 Å². The Morgan fingerprint density at radius 3 is 2.61 bits per heavy atom. The summed E-state index contributed by atoms with van der Waals surface area (Å²) in [4.78, 5) is 17.7. The van der Waals surface area contributed by atoms with Gasteiger partial charge in [0.25, 0.3) is 0 Å². The molecule has 1 fully saturated rings. The maximum atomic E-state index is 11.5.